The molecule has 17 heteroatoms. The number of hydrogen-bond acceptors (Lipinski definition) is 6. The molecule has 41 heavy (non-hydrogen) atoms. The zero-order chi connectivity index (χ0) is 30.8. The molecule has 232 valence electrons. The molecule has 6 nitrogen and oxygen atoms in total. The monoisotopic (exact) mass is 656 g/mol. The van der Waals surface area contributed by atoms with Crippen LogP contribution in [0, 0.1) is 46.5 Å². The average molecular weight is 657 g/mol. The third-order valence-electron chi connectivity index (χ3n) is 7.83. The van der Waals surface area contributed by atoms with E-state index < -0.39 is 92.6 Å². The van der Waals surface area contributed by atoms with E-state index in [1.807, 2.05) is 0 Å². The van der Waals surface area contributed by atoms with Gasteiger partial charge in [0.1, 0.15) is 0 Å². The summed E-state index contributed by atoms with van der Waals surface area (Å²) in [5, 5.41) is 0. The number of fused-ring (bicyclic) bond motifs is 2. The van der Waals surface area contributed by atoms with Crippen LogP contribution in [0.3, 0.4) is 0 Å². The molecule has 2 aliphatic rings. The topological polar surface area (TPSA) is 55.4 Å². The summed E-state index contributed by atoms with van der Waals surface area (Å²) in [6.45, 7) is 9.93. The second-order valence-electron chi connectivity index (χ2n) is 9.68. The van der Waals surface area contributed by atoms with Crippen LogP contribution in [0.4, 0.5) is 35.1 Å². The summed E-state index contributed by atoms with van der Waals surface area (Å²) in [5.74, 6) is -23.7. The van der Waals surface area contributed by atoms with Gasteiger partial charge in [-0.1, -0.05) is 0 Å². The Kier molecular flexibility index (Phi) is 7.65. The van der Waals surface area contributed by atoms with Crippen molar-refractivity contribution in [1.29, 1.82) is 0 Å². The van der Waals surface area contributed by atoms with Crippen LogP contribution >= 0.6 is 15.0 Å². The first kappa shape index (κ1) is 32.0. The molecule has 1 spiro atoms. The fourth-order valence-electron chi connectivity index (χ4n) is 5.19. The molecule has 0 saturated heterocycles. The summed E-state index contributed by atoms with van der Waals surface area (Å²) < 4.78 is 155. The minimum absolute atomic E-state index is 0.155. The fourth-order valence-corrected chi connectivity index (χ4v) is 21.6. The Labute approximate surface area is 232 Å². The molecule has 2 aromatic carbocycles. The third-order valence-corrected chi connectivity index (χ3v) is 23.3. The van der Waals surface area contributed by atoms with E-state index in [2.05, 4.69) is 0 Å². The Hall–Kier alpha value is -1.92. The van der Waals surface area contributed by atoms with Crippen LogP contribution in [-0.2, 0) is 8.43 Å². The van der Waals surface area contributed by atoms with E-state index in [9.17, 15) is 17.6 Å². The molecule has 0 fully saturated rings. The zero-order valence-electron chi connectivity index (χ0n) is 23.1. The predicted octanol–water partition coefficient (Wildman–Crippen LogP) is 8.40. The van der Waals surface area contributed by atoms with Crippen molar-refractivity contribution < 1.29 is 61.3 Å². The normalized spacial score (nSPS) is 19.6. The molecule has 0 bridgehead atoms. The van der Waals surface area contributed by atoms with Gasteiger partial charge in [-0.3, -0.25) is 0 Å². The van der Waals surface area contributed by atoms with Gasteiger partial charge in [0.05, 0.1) is 0 Å². The maximum atomic E-state index is 15.3. The molecular weight excluding hydrogens is 626 g/mol. The van der Waals surface area contributed by atoms with E-state index in [0.717, 1.165) is 0 Å². The predicted molar refractivity (Wildman–Crippen MR) is 140 cm³/mol. The molecular formula is C24H30F8O6P2Si. The molecule has 0 radical (unpaired) electrons. The fraction of sp³-hybridized carbons (Fsp3) is 0.500. The van der Waals surface area contributed by atoms with Crippen LogP contribution in [0.15, 0.2) is 0 Å². The first-order valence-electron chi connectivity index (χ1n) is 13.1. The molecule has 2 heterocycles. The van der Waals surface area contributed by atoms with Gasteiger partial charge in [-0.2, -0.15) is 0 Å². The van der Waals surface area contributed by atoms with Crippen LogP contribution in [0.25, 0.3) is 0 Å². The summed E-state index contributed by atoms with van der Waals surface area (Å²) in [4.78, 5) is 0. The molecule has 2 aliphatic heterocycles. The summed E-state index contributed by atoms with van der Waals surface area (Å²) in [7, 11) is -14.1. The van der Waals surface area contributed by atoms with Crippen molar-refractivity contribution in [2.45, 2.75) is 41.5 Å². The molecule has 4 rings (SSSR count). The minimum atomic E-state index is -8.00. The summed E-state index contributed by atoms with van der Waals surface area (Å²) in [6, 6.07) is 0. The van der Waals surface area contributed by atoms with E-state index in [4.69, 9.17) is 26.1 Å². The molecule has 0 saturated carbocycles. The van der Waals surface area contributed by atoms with Crippen molar-refractivity contribution in [3.8, 4) is 23.0 Å². The second-order valence-corrected chi connectivity index (χ2v) is 22.5. The van der Waals surface area contributed by atoms with Gasteiger partial charge in [0.25, 0.3) is 0 Å². The number of rotatable bonds is 10. The van der Waals surface area contributed by atoms with Crippen LogP contribution in [0.1, 0.15) is 41.5 Å². The van der Waals surface area contributed by atoms with Gasteiger partial charge in [0.15, 0.2) is 0 Å². The maximum absolute atomic E-state index is 15.3. The first-order chi connectivity index (χ1) is 19.1. The SMILES string of the molecule is CC[P+](CC)(CC)O[Si-2]12(O[P+](CC)(CC)CC)(Oc3c(F)c(F)c(F)c(F)c3O1)Oc1c(F)c(F)c(F)c(F)c1O2. The summed E-state index contributed by atoms with van der Waals surface area (Å²) in [5.41, 5.74) is 0. The zero-order valence-corrected chi connectivity index (χ0v) is 25.9. The second kappa shape index (κ2) is 9.80. The van der Waals surface area contributed by atoms with E-state index in [-0.39, 0.29) is 37.0 Å². The molecule has 0 aromatic heterocycles. The van der Waals surface area contributed by atoms with E-state index >= 15 is 17.6 Å². The Morgan fingerprint density at radius 1 is 0.415 bits per heavy atom. The third kappa shape index (κ3) is 4.24. The molecule has 0 aliphatic carbocycles. The Bertz CT molecular complexity index is 1230. The van der Waals surface area contributed by atoms with Gasteiger partial charge in [0, 0.05) is 0 Å². The summed E-state index contributed by atoms with van der Waals surface area (Å²) >= 11 is 0. The van der Waals surface area contributed by atoms with Gasteiger partial charge < -0.3 is 0 Å². The van der Waals surface area contributed by atoms with E-state index in [1.165, 1.54) is 0 Å². The van der Waals surface area contributed by atoms with Gasteiger partial charge >= 0.3 is 232 Å². The van der Waals surface area contributed by atoms with Crippen molar-refractivity contribution >= 4 is 23.1 Å². The van der Waals surface area contributed by atoms with Crippen LogP contribution in [0.5, 0.6) is 23.0 Å². The molecule has 2 aromatic rings. The Morgan fingerprint density at radius 3 is 0.780 bits per heavy atom. The molecule has 0 N–H and O–H groups in total. The van der Waals surface area contributed by atoms with E-state index in [1.54, 1.807) is 41.5 Å². The number of benzene rings is 2. The van der Waals surface area contributed by atoms with Crippen LogP contribution in [0.2, 0.25) is 0 Å². The average Bonchev–Trinajstić information content (AvgIpc) is 3.46. The quantitative estimate of drug-likeness (QED) is 0.0842. The standard InChI is InChI=1S/C24H30F8O6P2Si/c1-7-39(8-2,9-3)37-41(38-40(10-4,11-5)12-6,33-21-17(29)13(25)14(26)18(30)22(21)34-41)35-23-19(31)15(27)16(28)20(32)24(23)36-41/h7-12H2,1-6H3. The molecule has 0 unspecified atom stereocenters. The Morgan fingerprint density at radius 2 is 0.610 bits per heavy atom. The molecule has 0 atom stereocenters. The van der Waals surface area contributed by atoms with Crippen molar-refractivity contribution in [3.05, 3.63) is 46.5 Å². The van der Waals surface area contributed by atoms with Gasteiger partial charge in [-0.15, -0.1) is 0 Å². The Balaban J connectivity index is 2.23. The first-order valence-corrected chi connectivity index (χ1v) is 20.0. The summed E-state index contributed by atoms with van der Waals surface area (Å²) in [6.07, 6.45) is 0.929. The number of hydrogen-bond donors (Lipinski definition) is 0. The van der Waals surface area contributed by atoms with Crippen molar-refractivity contribution in [3.63, 3.8) is 0 Å². The van der Waals surface area contributed by atoms with Gasteiger partial charge in [0.2, 0.25) is 0 Å². The number of halogens is 8. The van der Waals surface area contributed by atoms with E-state index in [0.29, 0.717) is 0 Å². The van der Waals surface area contributed by atoms with Crippen LogP contribution in [-0.4, -0.2) is 45.1 Å². The van der Waals surface area contributed by atoms with Gasteiger partial charge in [-0.25, -0.2) is 0 Å². The van der Waals surface area contributed by atoms with Crippen molar-refractivity contribution in [2.75, 3.05) is 37.0 Å². The molecule has 0 amide bonds. The van der Waals surface area contributed by atoms with Crippen molar-refractivity contribution in [2.24, 2.45) is 0 Å². The van der Waals surface area contributed by atoms with Gasteiger partial charge in [-0.05, 0) is 0 Å². The van der Waals surface area contributed by atoms with Crippen molar-refractivity contribution in [1.82, 2.24) is 0 Å². The van der Waals surface area contributed by atoms with Crippen LogP contribution < -0.4 is 17.7 Å².